The first-order valence-electron chi connectivity index (χ1n) is 4.03. The Kier molecular flexibility index (Phi) is 3.23. The van der Waals surface area contributed by atoms with Crippen LogP contribution in [0.25, 0.3) is 10.6 Å². The Labute approximate surface area is 104 Å². The number of benzene rings is 1. The van der Waals surface area contributed by atoms with Crippen molar-refractivity contribution in [2.24, 2.45) is 0 Å². The van der Waals surface area contributed by atoms with Gasteiger partial charge in [0.15, 0.2) is 0 Å². The lowest BCUT2D eigenvalue weighted by molar-refractivity contribution is 0.412. The van der Waals surface area contributed by atoms with E-state index in [2.05, 4.69) is 26.1 Å². The zero-order chi connectivity index (χ0) is 10.8. The van der Waals surface area contributed by atoms with E-state index in [1.54, 1.807) is 7.11 Å². The molecular formula is C9H6BrClN2OS. The molecule has 2 rings (SSSR count). The second kappa shape index (κ2) is 4.47. The molecule has 0 aliphatic carbocycles. The molecule has 2 aromatic rings. The van der Waals surface area contributed by atoms with Gasteiger partial charge in [0, 0.05) is 5.56 Å². The fourth-order valence-corrected chi connectivity index (χ4v) is 2.49. The lowest BCUT2D eigenvalue weighted by Gasteiger charge is -2.03. The van der Waals surface area contributed by atoms with Crippen LogP contribution in [-0.2, 0) is 0 Å². The number of nitrogens with zero attached hydrogens (tertiary/aromatic N) is 2. The van der Waals surface area contributed by atoms with Crippen molar-refractivity contribution in [3.8, 4) is 16.3 Å². The molecule has 0 radical (unpaired) electrons. The molecule has 3 nitrogen and oxygen atoms in total. The molecule has 0 fully saturated rings. The van der Waals surface area contributed by atoms with Crippen LogP contribution in [0.15, 0.2) is 22.7 Å². The Hall–Kier alpha value is -0.650. The Balaban J connectivity index is 2.42. The van der Waals surface area contributed by atoms with E-state index in [1.165, 1.54) is 11.3 Å². The predicted molar refractivity (Wildman–Crippen MR) is 64.6 cm³/mol. The average molecular weight is 306 g/mol. The maximum atomic E-state index is 5.72. The highest BCUT2D eigenvalue weighted by Crippen LogP contribution is 2.32. The SMILES string of the molecule is COc1ccc(-c2nnc(Cl)s2)cc1Br. The van der Waals surface area contributed by atoms with Crippen molar-refractivity contribution in [2.75, 3.05) is 7.11 Å². The fourth-order valence-electron chi connectivity index (χ4n) is 1.12. The molecule has 0 atom stereocenters. The van der Waals surface area contributed by atoms with Gasteiger partial charge >= 0.3 is 0 Å². The minimum atomic E-state index is 0.442. The summed E-state index contributed by atoms with van der Waals surface area (Å²) in [4.78, 5) is 0. The van der Waals surface area contributed by atoms with E-state index in [1.807, 2.05) is 18.2 Å². The second-order valence-electron chi connectivity index (χ2n) is 2.71. The van der Waals surface area contributed by atoms with Crippen molar-refractivity contribution in [2.45, 2.75) is 0 Å². The topological polar surface area (TPSA) is 35.0 Å². The van der Waals surface area contributed by atoms with Crippen molar-refractivity contribution >= 4 is 38.9 Å². The number of halogens is 2. The predicted octanol–water partition coefficient (Wildman–Crippen LogP) is 3.63. The maximum absolute atomic E-state index is 5.72. The first kappa shape index (κ1) is 10.9. The lowest BCUT2D eigenvalue weighted by atomic mass is 10.2. The van der Waals surface area contributed by atoms with E-state index in [0.717, 1.165) is 20.8 Å². The number of hydrogen-bond donors (Lipinski definition) is 0. The molecule has 0 N–H and O–H groups in total. The standard InChI is InChI=1S/C9H6BrClN2OS/c1-14-7-3-2-5(4-6(7)10)8-12-13-9(11)15-8/h2-4H,1H3. The third-order valence-corrected chi connectivity index (χ3v) is 3.49. The van der Waals surface area contributed by atoms with Crippen LogP contribution in [-0.4, -0.2) is 17.3 Å². The summed E-state index contributed by atoms with van der Waals surface area (Å²) in [6.07, 6.45) is 0. The Morgan fingerprint density at radius 1 is 1.40 bits per heavy atom. The van der Waals surface area contributed by atoms with E-state index in [0.29, 0.717) is 4.47 Å². The molecule has 1 heterocycles. The Morgan fingerprint density at radius 3 is 2.73 bits per heavy atom. The summed E-state index contributed by atoms with van der Waals surface area (Å²) in [5.41, 5.74) is 0.965. The molecule has 0 aliphatic heterocycles. The highest BCUT2D eigenvalue weighted by Gasteiger charge is 2.07. The van der Waals surface area contributed by atoms with Crippen LogP contribution in [0.3, 0.4) is 0 Å². The number of hydrogen-bond acceptors (Lipinski definition) is 4. The molecule has 0 aliphatic rings. The Bertz CT molecular complexity index is 489. The molecule has 1 aromatic heterocycles. The number of aromatic nitrogens is 2. The summed E-state index contributed by atoms with van der Waals surface area (Å²) < 4.78 is 6.46. The number of ether oxygens (including phenoxy) is 1. The van der Waals surface area contributed by atoms with E-state index in [4.69, 9.17) is 16.3 Å². The minimum absolute atomic E-state index is 0.442. The molecule has 1 aromatic carbocycles. The van der Waals surface area contributed by atoms with Crippen molar-refractivity contribution in [3.05, 3.63) is 27.1 Å². The molecule has 6 heteroatoms. The monoisotopic (exact) mass is 304 g/mol. The van der Waals surface area contributed by atoms with Gasteiger partial charge in [-0.25, -0.2) is 0 Å². The van der Waals surface area contributed by atoms with Crippen molar-refractivity contribution in [3.63, 3.8) is 0 Å². The molecule has 0 unspecified atom stereocenters. The third kappa shape index (κ3) is 2.30. The summed E-state index contributed by atoms with van der Waals surface area (Å²) in [5, 5.41) is 8.50. The lowest BCUT2D eigenvalue weighted by Crippen LogP contribution is -1.85. The molecule has 15 heavy (non-hydrogen) atoms. The van der Waals surface area contributed by atoms with Gasteiger partial charge in [0.1, 0.15) is 10.8 Å². The minimum Gasteiger partial charge on any atom is -0.496 e. The van der Waals surface area contributed by atoms with Gasteiger partial charge in [-0.3, -0.25) is 0 Å². The van der Waals surface area contributed by atoms with Crippen LogP contribution < -0.4 is 4.74 Å². The highest BCUT2D eigenvalue weighted by molar-refractivity contribution is 9.10. The van der Waals surface area contributed by atoms with Gasteiger partial charge in [0.2, 0.25) is 4.47 Å². The zero-order valence-corrected chi connectivity index (χ0v) is 10.9. The normalized spacial score (nSPS) is 10.3. The van der Waals surface area contributed by atoms with Gasteiger partial charge in [0.05, 0.1) is 11.6 Å². The van der Waals surface area contributed by atoms with Gasteiger partial charge in [0.25, 0.3) is 0 Å². The summed E-state index contributed by atoms with van der Waals surface area (Å²) >= 11 is 10.5. The molecule has 0 saturated carbocycles. The van der Waals surface area contributed by atoms with Crippen LogP contribution in [0, 0.1) is 0 Å². The molecule has 78 valence electrons. The van der Waals surface area contributed by atoms with Crippen LogP contribution in [0.2, 0.25) is 4.47 Å². The van der Waals surface area contributed by atoms with Gasteiger partial charge in [-0.1, -0.05) is 11.3 Å². The molecule has 0 amide bonds. The van der Waals surface area contributed by atoms with Crippen molar-refractivity contribution in [1.29, 1.82) is 0 Å². The van der Waals surface area contributed by atoms with Gasteiger partial charge in [-0.15, -0.1) is 10.2 Å². The molecule has 0 bridgehead atoms. The van der Waals surface area contributed by atoms with Crippen LogP contribution in [0.5, 0.6) is 5.75 Å². The van der Waals surface area contributed by atoms with E-state index < -0.39 is 0 Å². The van der Waals surface area contributed by atoms with E-state index >= 15 is 0 Å². The van der Waals surface area contributed by atoms with Gasteiger partial charge in [-0.05, 0) is 45.7 Å². The summed E-state index contributed by atoms with van der Waals surface area (Å²) in [7, 11) is 1.63. The van der Waals surface area contributed by atoms with Crippen molar-refractivity contribution in [1.82, 2.24) is 10.2 Å². The zero-order valence-electron chi connectivity index (χ0n) is 7.70. The summed E-state index contributed by atoms with van der Waals surface area (Å²) in [5.74, 6) is 0.786. The quantitative estimate of drug-likeness (QED) is 0.850. The smallest absolute Gasteiger partial charge is 0.207 e. The highest BCUT2D eigenvalue weighted by atomic mass is 79.9. The first-order chi connectivity index (χ1) is 7.20. The maximum Gasteiger partial charge on any atom is 0.207 e. The van der Waals surface area contributed by atoms with E-state index in [-0.39, 0.29) is 0 Å². The number of methoxy groups -OCH3 is 1. The largest absolute Gasteiger partial charge is 0.496 e. The van der Waals surface area contributed by atoms with Crippen LogP contribution >= 0.6 is 38.9 Å². The summed E-state index contributed by atoms with van der Waals surface area (Å²) in [6, 6.07) is 5.71. The van der Waals surface area contributed by atoms with Crippen LogP contribution in [0.1, 0.15) is 0 Å². The van der Waals surface area contributed by atoms with Crippen LogP contribution in [0.4, 0.5) is 0 Å². The van der Waals surface area contributed by atoms with Crippen molar-refractivity contribution < 1.29 is 4.74 Å². The second-order valence-corrected chi connectivity index (χ2v) is 5.12. The molecule has 0 spiro atoms. The summed E-state index contributed by atoms with van der Waals surface area (Å²) in [6.45, 7) is 0. The number of rotatable bonds is 2. The first-order valence-corrected chi connectivity index (χ1v) is 6.02. The van der Waals surface area contributed by atoms with Gasteiger partial charge in [-0.2, -0.15) is 0 Å². The molecular weight excluding hydrogens is 300 g/mol. The molecule has 0 saturated heterocycles. The fraction of sp³-hybridized carbons (Fsp3) is 0.111. The Morgan fingerprint density at radius 2 is 2.20 bits per heavy atom. The van der Waals surface area contributed by atoms with E-state index in [9.17, 15) is 0 Å². The average Bonchev–Trinajstić information content (AvgIpc) is 2.65. The third-order valence-electron chi connectivity index (χ3n) is 1.80. The van der Waals surface area contributed by atoms with Gasteiger partial charge < -0.3 is 4.74 Å².